The van der Waals surface area contributed by atoms with Gasteiger partial charge in [0.25, 0.3) is 5.91 Å². The molecule has 1 aromatic rings. The second-order valence-electron chi connectivity index (χ2n) is 4.98. The topological polar surface area (TPSA) is 71.1 Å². The van der Waals surface area contributed by atoms with Crippen molar-refractivity contribution in [3.8, 4) is 0 Å². The normalized spacial score (nSPS) is 11.0. The van der Waals surface area contributed by atoms with Gasteiger partial charge in [0.05, 0.1) is 6.54 Å². The molecule has 1 heterocycles. The molecular formula is C12H15Cl2N3O2. The van der Waals surface area contributed by atoms with Crippen LogP contribution in [-0.2, 0) is 4.79 Å². The zero-order chi connectivity index (χ0) is 14.6. The Bertz CT molecular complexity index is 478. The molecule has 0 aliphatic rings. The van der Waals surface area contributed by atoms with E-state index in [0.717, 1.165) is 0 Å². The molecule has 0 spiro atoms. The summed E-state index contributed by atoms with van der Waals surface area (Å²) in [7, 11) is 0. The van der Waals surface area contributed by atoms with Crippen LogP contribution in [0.1, 0.15) is 31.1 Å². The van der Waals surface area contributed by atoms with Gasteiger partial charge in [-0.3, -0.25) is 9.59 Å². The summed E-state index contributed by atoms with van der Waals surface area (Å²) in [5, 5.41) is 5.45. The number of carbonyl (C=O) groups is 2. The Labute approximate surface area is 121 Å². The van der Waals surface area contributed by atoms with E-state index in [2.05, 4.69) is 15.6 Å². The smallest absolute Gasteiger partial charge is 0.251 e. The third-order valence-electron chi connectivity index (χ3n) is 1.95. The van der Waals surface area contributed by atoms with Crippen LogP contribution in [0.3, 0.4) is 0 Å². The molecule has 7 heteroatoms. The van der Waals surface area contributed by atoms with Gasteiger partial charge >= 0.3 is 0 Å². The summed E-state index contributed by atoms with van der Waals surface area (Å²) >= 11 is 11.4. The summed E-state index contributed by atoms with van der Waals surface area (Å²) in [6.07, 6.45) is 0. The van der Waals surface area contributed by atoms with E-state index in [0.29, 0.717) is 0 Å². The van der Waals surface area contributed by atoms with Crippen LogP contribution in [0, 0.1) is 0 Å². The van der Waals surface area contributed by atoms with Crippen molar-refractivity contribution in [1.29, 1.82) is 0 Å². The van der Waals surface area contributed by atoms with Gasteiger partial charge in [-0.2, -0.15) is 0 Å². The number of amides is 2. The maximum absolute atomic E-state index is 11.8. The molecule has 0 atom stereocenters. The second-order valence-corrected chi connectivity index (χ2v) is 5.76. The van der Waals surface area contributed by atoms with Crippen molar-refractivity contribution in [2.45, 2.75) is 26.3 Å². The molecule has 0 aliphatic heterocycles. The summed E-state index contributed by atoms with van der Waals surface area (Å²) in [6, 6.07) is 2.76. The average Bonchev–Trinajstić information content (AvgIpc) is 2.22. The first kappa shape index (κ1) is 15.7. The molecule has 0 bridgehead atoms. The molecule has 0 fully saturated rings. The molecule has 0 radical (unpaired) electrons. The lowest BCUT2D eigenvalue weighted by molar-refractivity contribution is -0.121. The van der Waals surface area contributed by atoms with E-state index in [-0.39, 0.29) is 33.9 Å². The molecule has 0 saturated heterocycles. The number of hydrogen-bond donors (Lipinski definition) is 2. The highest BCUT2D eigenvalue weighted by Crippen LogP contribution is 2.14. The number of nitrogens with one attached hydrogen (secondary N) is 2. The third-order valence-corrected chi connectivity index (χ3v) is 2.34. The number of hydrogen-bond acceptors (Lipinski definition) is 3. The van der Waals surface area contributed by atoms with Crippen molar-refractivity contribution in [3.05, 3.63) is 28.0 Å². The van der Waals surface area contributed by atoms with E-state index in [1.54, 1.807) is 0 Å². The van der Waals surface area contributed by atoms with Crippen LogP contribution >= 0.6 is 23.2 Å². The monoisotopic (exact) mass is 303 g/mol. The van der Waals surface area contributed by atoms with Gasteiger partial charge in [0, 0.05) is 11.1 Å². The molecule has 2 amide bonds. The van der Waals surface area contributed by atoms with Crippen molar-refractivity contribution < 1.29 is 9.59 Å². The highest BCUT2D eigenvalue weighted by Gasteiger charge is 2.15. The van der Waals surface area contributed by atoms with Gasteiger partial charge < -0.3 is 10.6 Å². The largest absolute Gasteiger partial charge is 0.350 e. The lowest BCUT2D eigenvalue weighted by atomic mass is 10.1. The Morgan fingerprint density at radius 1 is 1.21 bits per heavy atom. The Morgan fingerprint density at radius 2 is 1.74 bits per heavy atom. The summed E-state index contributed by atoms with van der Waals surface area (Å²) in [5.41, 5.74) is -0.0842. The van der Waals surface area contributed by atoms with Gasteiger partial charge in [-0.1, -0.05) is 23.2 Å². The molecule has 104 valence electrons. The SMILES string of the molecule is CC(C)(C)NC(=O)CNC(=O)c1cc(Cl)nc(Cl)c1. The van der Waals surface area contributed by atoms with E-state index < -0.39 is 5.91 Å². The molecule has 2 N–H and O–H groups in total. The van der Waals surface area contributed by atoms with Crippen LogP contribution in [0.2, 0.25) is 10.3 Å². The quantitative estimate of drug-likeness (QED) is 0.839. The van der Waals surface area contributed by atoms with Crippen molar-refractivity contribution in [3.63, 3.8) is 0 Å². The number of aromatic nitrogens is 1. The highest BCUT2D eigenvalue weighted by molar-refractivity contribution is 6.33. The van der Waals surface area contributed by atoms with Crippen LogP contribution in [0.4, 0.5) is 0 Å². The maximum Gasteiger partial charge on any atom is 0.251 e. The molecule has 5 nitrogen and oxygen atoms in total. The molecule has 0 unspecified atom stereocenters. The number of halogens is 2. The van der Waals surface area contributed by atoms with E-state index in [4.69, 9.17) is 23.2 Å². The number of carbonyl (C=O) groups excluding carboxylic acids is 2. The lowest BCUT2D eigenvalue weighted by Crippen LogP contribution is -2.45. The fourth-order valence-corrected chi connectivity index (χ4v) is 1.78. The minimum Gasteiger partial charge on any atom is -0.350 e. The first-order valence-corrected chi connectivity index (χ1v) is 6.35. The van der Waals surface area contributed by atoms with Crippen molar-refractivity contribution in [1.82, 2.24) is 15.6 Å². The molecule has 0 aliphatic carbocycles. The summed E-state index contributed by atoms with van der Waals surface area (Å²) in [4.78, 5) is 27.1. The Balaban J connectivity index is 2.58. The van der Waals surface area contributed by atoms with Crippen molar-refractivity contribution in [2.75, 3.05) is 6.54 Å². The average molecular weight is 304 g/mol. The Morgan fingerprint density at radius 3 is 2.21 bits per heavy atom. The third kappa shape index (κ3) is 5.89. The molecule has 19 heavy (non-hydrogen) atoms. The van der Waals surface area contributed by atoms with Crippen LogP contribution in [0.15, 0.2) is 12.1 Å². The minimum absolute atomic E-state index is 0.117. The molecule has 1 aromatic heterocycles. The summed E-state index contributed by atoms with van der Waals surface area (Å²) in [5.74, 6) is -0.706. The predicted molar refractivity (Wildman–Crippen MR) is 74.5 cm³/mol. The lowest BCUT2D eigenvalue weighted by Gasteiger charge is -2.20. The zero-order valence-corrected chi connectivity index (χ0v) is 12.4. The van der Waals surface area contributed by atoms with Crippen molar-refractivity contribution in [2.24, 2.45) is 0 Å². The van der Waals surface area contributed by atoms with Crippen LogP contribution in [0.5, 0.6) is 0 Å². The van der Waals surface area contributed by atoms with E-state index >= 15 is 0 Å². The van der Waals surface area contributed by atoms with Crippen LogP contribution < -0.4 is 10.6 Å². The molecular weight excluding hydrogens is 289 g/mol. The Hall–Kier alpha value is -1.33. The summed E-state index contributed by atoms with van der Waals surface area (Å²) < 4.78 is 0. The second kappa shape index (κ2) is 6.21. The number of nitrogens with zero attached hydrogens (tertiary/aromatic N) is 1. The summed E-state index contributed by atoms with van der Waals surface area (Å²) in [6.45, 7) is 5.45. The van der Waals surface area contributed by atoms with Gasteiger partial charge in [0.15, 0.2) is 0 Å². The predicted octanol–water partition coefficient (Wildman–Crippen LogP) is 2.03. The van der Waals surface area contributed by atoms with E-state index in [1.165, 1.54) is 12.1 Å². The van der Waals surface area contributed by atoms with Crippen LogP contribution in [-0.4, -0.2) is 28.9 Å². The molecule has 0 aromatic carbocycles. The van der Waals surface area contributed by atoms with Gasteiger partial charge in [-0.25, -0.2) is 4.98 Å². The fourth-order valence-electron chi connectivity index (χ4n) is 1.32. The highest BCUT2D eigenvalue weighted by atomic mass is 35.5. The number of pyridine rings is 1. The Kier molecular flexibility index (Phi) is 5.14. The van der Waals surface area contributed by atoms with E-state index in [1.807, 2.05) is 20.8 Å². The van der Waals surface area contributed by atoms with E-state index in [9.17, 15) is 9.59 Å². The maximum atomic E-state index is 11.8. The first-order valence-electron chi connectivity index (χ1n) is 5.60. The van der Waals surface area contributed by atoms with Crippen LogP contribution in [0.25, 0.3) is 0 Å². The first-order chi connectivity index (χ1) is 8.67. The van der Waals surface area contributed by atoms with Gasteiger partial charge in [-0.05, 0) is 32.9 Å². The van der Waals surface area contributed by atoms with Crippen molar-refractivity contribution >= 4 is 35.0 Å². The number of rotatable bonds is 3. The van der Waals surface area contributed by atoms with Gasteiger partial charge in [-0.15, -0.1) is 0 Å². The minimum atomic E-state index is -0.435. The standard InChI is InChI=1S/C12H15Cl2N3O2/c1-12(2,3)17-10(18)6-15-11(19)7-4-8(13)16-9(14)5-7/h4-5H,6H2,1-3H3,(H,15,19)(H,17,18). The fraction of sp³-hybridized carbons (Fsp3) is 0.417. The zero-order valence-electron chi connectivity index (χ0n) is 10.9. The van der Waals surface area contributed by atoms with Gasteiger partial charge in [0.2, 0.25) is 5.91 Å². The molecule has 0 saturated carbocycles. The van der Waals surface area contributed by atoms with Gasteiger partial charge in [0.1, 0.15) is 10.3 Å². The molecule has 1 rings (SSSR count).